The molecule has 0 fully saturated rings. The molecular weight excluding hydrogens is 462 g/mol. The van der Waals surface area contributed by atoms with E-state index < -0.39 is 21.7 Å². The van der Waals surface area contributed by atoms with Gasteiger partial charge in [-0.2, -0.15) is 4.31 Å². The summed E-state index contributed by atoms with van der Waals surface area (Å²) >= 11 is 3.20. The number of pyridine rings is 1. The number of aromatic nitrogens is 1. The smallest absolute Gasteiger partial charge is 0.410 e. The normalized spacial score (nSPS) is 12.4. The first-order valence-electron chi connectivity index (χ1n) is 8.93. The molecule has 0 atom stereocenters. The number of benzene rings is 1. The van der Waals surface area contributed by atoms with Gasteiger partial charge in [0.15, 0.2) is 5.75 Å². The van der Waals surface area contributed by atoms with Gasteiger partial charge in [-0.3, -0.25) is 0 Å². The van der Waals surface area contributed by atoms with Gasteiger partial charge in [0, 0.05) is 38.3 Å². The zero-order valence-corrected chi connectivity index (χ0v) is 19.8. The fourth-order valence-electron chi connectivity index (χ4n) is 2.53. The van der Waals surface area contributed by atoms with Crippen molar-refractivity contribution in [3.05, 3.63) is 28.4 Å². The molecule has 0 radical (unpaired) electrons. The number of aryl methyl sites for hydroxylation is 1. The second-order valence-electron chi connectivity index (χ2n) is 7.78. The average Bonchev–Trinajstić information content (AvgIpc) is 2.60. The third kappa shape index (κ3) is 5.37. The van der Waals surface area contributed by atoms with Gasteiger partial charge >= 0.3 is 6.09 Å². The van der Waals surface area contributed by atoms with E-state index in [-0.39, 0.29) is 33.7 Å². The van der Waals surface area contributed by atoms with Crippen LogP contribution >= 0.6 is 15.9 Å². The number of fused-ring (bicyclic) bond motifs is 1. The van der Waals surface area contributed by atoms with E-state index in [1.165, 1.54) is 18.0 Å². The van der Waals surface area contributed by atoms with Gasteiger partial charge in [0.1, 0.15) is 11.1 Å². The van der Waals surface area contributed by atoms with Crippen molar-refractivity contribution in [1.29, 1.82) is 0 Å². The molecule has 0 unspecified atom stereocenters. The Morgan fingerprint density at radius 2 is 1.86 bits per heavy atom. The molecule has 0 aliphatic rings. The van der Waals surface area contributed by atoms with Crippen LogP contribution in [0.4, 0.5) is 4.79 Å². The number of halogens is 1. The van der Waals surface area contributed by atoms with Gasteiger partial charge in [0.2, 0.25) is 10.0 Å². The second-order valence-corrected chi connectivity index (χ2v) is 10.7. The van der Waals surface area contributed by atoms with Gasteiger partial charge in [-0.1, -0.05) is 0 Å². The molecule has 2 rings (SSSR count). The lowest BCUT2D eigenvalue weighted by molar-refractivity contribution is 0.0294. The molecule has 10 heteroatoms. The van der Waals surface area contributed by atoms with E-state index in [0.717, 1.165) is 4.31 Å². The summed E-state index contributed by atoms with van der Waals surface area (Å²) in [6.07, 6.45) is -0.527. The van der Waals surface area contributed by atoms with Crippen molar-refractivity contribution in [2.45, 2.75) is 38.2 Å². The quantitative estimate of drug-likeness (QED) is 0.692. The molecule has 0 aliphatic carbocycles. The first-order valence-corrected chi connectivity index (χ1v) is 11.2. The van der Waals surface area contributed by atoms with Crippen LogP contribution in [0, 0.1) is 6.92 Å². The molecule has 1 N–H and O–H groups in total. The highest BCUT2D eigenvalue weighted by Gasteiger charge is 2.27. The number of likely N-dealkylation sites (N-methyl/N-ethyl adjacent to an activating group) is 2. The molecule has 160 valence electrons. The van der Waals surface area contributed by atoms with Crippen molar-refractivity contribution in [3.63, 3.8) is 0 Å². The molecule has 0 bridgehead atoms. The summed E-state index contributed by atoms with van der Waals surface area (Å²) in [7, 11) is -0.914. The van der Waals surface area contributed by atoms with Crippen molar-refractivity contribution in [2.75, 3.05) is 27.2 Å². The monoisotopic (exact) mass is 487 g/mol. The van der Waals surface area contributed by atoms with E-state index in [9.17, 15) is 18.3 Å². The zero-order chi connectivity index (χ0) is 22.1. The lowest BCUT2D eigenvalue weighted by Crippen LogP contribution is -2.39. The van der Waals surface area contributed by atoms with E-state index in [1.807, 2.05) is 0 Å². The Hall–Kier alpha value is -1.91. The molecule has 0 saturated heterocycles. The van der Waals surface area contributed by atoms with E-state index in [1.54, 1.807) is 46.9 Å². The van der Waals surface area contributed by atoms with Crippen LogP contribution in [0.2, 0.25) is 0 Å². The minimum Gasteiger partial charge on any atom is -0.505 e. The van der Waals surface area contributed by atoms with Gasteiger partial charge in [-0.25, -0.2) is 18.2 Å². The van der Waals surface area contributed by atoms with Gasteiger partial charge < -0.3 is 14.7 Å². The summed E-state index contributed by atoms with van der Waals surface area (Å²) in [5.41, 5.74) is 0.227. The minimum atomic E-state index is -3.90. The van der Waals surface area contributed by atoms with Crippen molar-refractivity contribution >= 4 is 42.9 Å². The predicted molar refractivity (Wildman–Crippen MR) is 115 cm³/mol. The third-order valence-corrected chi connectivity index (χ3v) is 6.65. The number of sulfonamides is 1. The Labute approximate surface area is 179 Å². The van der Waals surface area contributed by atoms with E-state index >= 15 is 0 Å². The lowest BCUT2D eigenvalue weighted by Gasteiger charge is -2.26. The molecule has 0 saturated carbocycles. The van der Waals surface area contributed by atoms with E-state index in [2.05, 4.69) is 20.9 Å². The summed E-state index contributed by atoms with van der Waals surface area (Å²) in [6, 6.07) is 4.67. The van der Waals surface area contributed by atoms with Crippen molar-refractivity contribution in [1.82, 2.24) is 14.2 Å². The molecule has 1 amide bonds. The first-order chi connectivity index (χ1) is 13.2. The molecular formula is C19H26BrN3O5S. The van der Waals surface area contributed by atoms with Crippen LogP contribution in [0.25, 0.3) is 10.9 Å². The summed E-state index contributed by atoms with van der Waals surface area (Å²) < 4.78 is 33.0. The number of phenols is 1. The minimum absolute atomic E-state index is 0.0205. The number of nitrogens with zero attached hydrogens (tertiary/aromatic N) is 3. The molecule has 2 aromatic rings. The Bertz CT molecular complexity index is 1030. The summed E-state index contributed by atoms with van der Waals surface area (Å²) in [5.74, 6) is -0.116. The largest absolute Gasteiger partial charge is 0.505 e. The summed E-state index contributed by atoms with van der Waals surface area (Å²) in [5, 5.41) is 10.6. The maximum Gasteiger partial charge on any atom is 0.410 e. The highest BCUT2D eigenvalue weighted by molar-refractivity contribution is 9.10. The number of phenolic OH excluding ortho intramolecular Hbond substituents is 1. The number of amides is 1. The highest BCUT2D eigenvalue weighted by atomic mass is 79.9. The Morgan fingerprint density at radius 1 is 1.24 bits per heavy atom. The molecule has 1 aromatic carbocycles. The van der Waals surface area contributed by atoms with Crippen LogP contribution in [0.5, 0.6) is 5.75 Å². The van der Waals surface area contributed by atoms with Crippen LogP contribution in [0.15, 0.2) is 27.6 Å². The number of hydrogen-bond donors (Lipinski definition) is 1. The number of carbonyl (C=O) groups is 1. The van der Waals surface area contributed by atoms with Crippen LogP contribution in [0.1, 0.15) is 26.5 Å². The lowest BCUT2D eigenvalue weighted by atomic mass is 10.2. The van der Waals surface area contributed by atoms with Gasteiger partial charge in [-0.15, -0.1) is 0 Å². The highest BCUT2D eigenvalue weighted by Crippen LogP contribution is 2.37. The van der Waals surface area contributed by atoms with E-state index in [4.69, 9.17) is 4.74 Å². The molecule has 8 nitrogen and oxygen atoms in total. The van der Waals surface area contributed by atoms with Crippen molar-refractivity contribution < 1.29 is 23.1 Å². The number of carbonyl (C=O) groups excluding carboxylic acids is 1. The summed E-state index contributed by atoms with van der Waals surface area (Å²) in [4.78, 5) is 17.7. The Morgan fingerprint density at radius 3 is 2.45 bits per heavy atom. The predicted octanol–water partition coefficient (Wildman–Crippen LogP) is 3.50. The van der Waals surface area contributed by atoms with Gasteiger partial charge in [-0.05, 0) is 61.8 Å². The maximum atomic E-state index is 13.2. The summed E-state index contributed by atoms with van der Waals surface area (Å²) in [6.45, 7) is 7.26. The Balaban J connectivity index is 2.29. The van der Waals surface area contributed by atoms with Crippen molar-refractivity contribution in [3.8, 4) is 5.75 Å². The molecule has 29 heavy (non-hydrogen) atoms. The zero-order valence-electron chi connectivity index (χ0n) is 17.4. The van der Waals surface area contributed by atoms with E-state index in [0.29, 0.717) is 11.1 Å². The standard InChI is InChI=1S/C19H26BrN3O5S/c1-12-7-8-13-15(11-14(20)17(24)16(13)21-12)29(26,27)23(6)10-9-22(5)18(25)28-19(2,3)4/h7-8,11,24H,9-10H2,1-6H3. The number of rotatable bonds is 5. The first kappa shape index (κ1) is 23.4. The topological polar surface area (TPSA) is 100 Å². The van der Waals surface area contributed by atoms with Gasteiger partial charge in [0.25, 0.3) is 0 Å². The van der Waals surface area contributed by atoms with Crippen LogP contribution in [-0.4, -0.2) is 66.6 Å². The fraction of sp³-hybridized carbons (Fsp3) is 0.474. The SMILES string of the molecule is Cc1ccc2c(S(=O)(=O)N(C)CCN(C)C(=O)OC(C)(C)C)cc(Br)c(O)c2n1. The van der Waals surface area contributed by atoms with Crippen LogP contribution in [0.3, 0.4) is 0 Å². The number of ether oxygens (including phenoxy) is 1. The fourth-order valence-corrected chi connectivity index (χ4v) is 4.47. The number of aromatic hydroxyl groups is 1. The molecule has 0 spiro atoms. The van der Waals surface area contributed by atoms with Gasteiger partial charge in [0.05, 0.1) is 9.37 Å². The van der Waals surface area contributed by atoms with Crippen molar-refractivity contribution in [2.24, 2.45) is 0 Å². The maximum absolute atomic E-state index is 13.2. The molecule has 1 aromatic heterocycles. The second kappa shape index (κ2) is 8.45. The average molecular weight is 488 g/mol. The van der Waals surface area contributed by atoms with Crippen LogP contribution < -0.4 is 0 Å². The molecule has 1 heterocycles. The molecule has 0 aliphatic heterocycles. The van der Waals surface area contributed by atoms with Crippen LogP contribution in [-0.2, 0) is 14.8 Å². The Kier molecular flexibility index (Phi) is 6.81. The number of hydrogen-bond acceptors (Lipinski definition) is 6. The third-order valence-electron chi connectivity index (χ3n) is 4.15.